The summed E-state index contributed by atoms with van der Waals surface area (Å²) >= 11 is 0. The minimum atomic E-state index is -4.68. The minimum absolute atomic E-state index is 0.0203. The fourth-order valence-electron chi connectivity index (χ4n) is 1.73. The molecule has 0 aliphatic rings. The average Bonchev–Trinajstić information content (AvgIpc) is 2.36. The van der Waals surface area contributed by atoms with Crippen molar-refractivity contribution >= 4 is 16.9 Å². The molecule has 0 saturated heterocycles. The molecule has 110 valence electrons. The number of rotatable bonds is 2. The van der Waals surface area contributed by atoms with Gasteiger partial charge in [-0.1, -0.05) is 6.08 Å². The highest BCUT2D eigenvalue weighted by atomic mass is 19.4. The van der Waals surface area contributed by atoms with Crippen LogP contribution in [0.25, 0.3) is 11.0 Å². The Hall–Kier alpha value is -2.57. The van der Waals surface area contributed by atoms with E-state index in [4.69, 9.17) is 9.15 Å². The summed E-state index contributed by atoms with van der Waals surface area (Å²) in [4.78, 5) is 22.5. The zero-order valence-electron chi connectivity index (χ0n) is 10.7. The van der Waals surface area contributed by atoms with Gasteiger partial charge in [-0.05, 0) is 19.1 Å². The van der Waals surface area contributed by atoms with Crippen molar-refractivity contribution in [2.45, 2.75) is 13.1 Å². The summed E-state index contributed by atoms with van der Waals surface area (Å²) in [5, 5.41) is -0.284. The molecule has 4 nitrogen and oxygen atoms in total. The lowest BCUT2D eigenvalue weighted by Gasteiger charge is -2.09. The molecule has 7 heteroatoms. The lowest BCUT2D eigenvalue weighted by molar-refractivity contribution is -0.136. The molecule has 0 unspecified atom stereocenters. The lowest BCUT2D eigenvalue weighted by atomic mass is 10.1. The van der Waals surface area contributed by atoms with Crippen LogP contribution >= 0.6 is 0 Å². The van der Waals surface area contributed by atoms with Crippen molar-refractivity contribution < 1.29 is 27.1 Å². The van der Waals surface area contributed by atoms with E-state index < -0.39 is 23.3 Å². The maximum absolute atomic E-state index is 12.8. The Morgan fingerprint density at radius 2 is 2.00 bits per heavy atom. The van der Waals surface area contributed by atoms with E-state index in [0.29, 0.717) is 6.07 Å². The second-order valence-corrected chi connectivity index (χ2v) is 4.06. The van der Waals surface area contributed by atoms with E-state index in [0.717, 1.165) is 18.2 Å². The molecule has 1 heterocycles. The Kier molecular flexibility index (Phi) is 3.84. The third kappa shape index (κ3) is 3.31. The maximum Gasteiger partial charge on any atom is 0.417 e. The van der Waals surface area contributed by atoms with Crippen molar-refractivity contribution in [3.05, 3.63) is 52.4 Å². The zero-order valence-corrected chi connectivity index (χ0v) is 10.7. The predicted octanol–water partition coefficient (Wildman–Crippen LogP) is 3.29. The SMILES string of the molecule is CC=CC(=O)Oc1ccc2c(C(F)(F)F)cc(=O)oc2c1. The largest absolute Gasteiger partial charge is 0.423 e. The molecule has 21 heavy (non-hydrogen) atoms. The molecule has 0 fully saturated rings. The highest BCUT2D eigenvalue weighted by Gasteiger charge is 2.33. The highest BCUT2D eigenvalue weighted by Crippen LogP contribution is 2.34. The van der Waals surface area contributed by atoms with Crippen molar-refractivity contribution in [2.75, 3.05) is 0 Å². The summed E-state index contributed by atoms with van der Waals surface area (Å²) in [5.41, 5.74) is -2.53. The third-order valence-corrected chi connectivity index (χ3v) is 2.54. The maximum atomic E-state index is 12.8. The number of carbonyl (C=O) groups is 1. The van der Waals surface area contributed by atoms with E-state index in [1.807, 2.05) is 0 Å². The lowest BCUT2D eigenvalue weighted by Crippen LogP contribution is -2.11. The van der Waals surface area contributed by atoms with Gasteiger partial charge in [0.1, 0.15) is 11.3 Å². The number of allylic oxidation sites excluding steroid dienone is 1. The molecule has 0 radical (unpaired) electrons. The van der Waals surface area contributed by atoms with Gasteiger partial charge in [0.25, 0.3) is 0 Å². The number of halogens is 3. The van der Waals surface area contributed by atoms with Crippen LogP contribution in [0.5, 0.6) is 5.75 Å². The average molecular weight is 298 g/mol. The van der Waals surface area contributed by atoms with E-state index in [1.165, 1.54) is 12.1 Å². The molecule has 0 aliphatic carbocycles. The van der Waals surface area contributed by atoms with Crippen LogP contribution in [0.3, 0.4) is 0 Å². The van der Waals surface area contributed by atoms with Gasteiger partial charge in [0.05, 0.1) is 5.56 Å². The van der Waals surface area contributed by atoms with Gasteiger partial charge in [-0.2, -0.15) is 13.2 Å². The number of benzene rings is 1. The Labute approximate surface area is 116 Å². The summed E-state index contributed by atoms with van der Waals surface area (Å²) < 4.78 is 48.1. The van der Waals surface area contributed by atoms with Crippen LogP contribution < -0.4 is 10.4 Å². The van der Waals surface area contributed by atoms with Crippen LogP contribution in [-0.2, 0) is 11.0 Å². The monoisotopic (exact) mass is 298 g/mol. The molecule has 2 aromatic rings. The van der Waals surface area contributed by atoms with Gasteiger partial charge in [0.15, 0.2) is 0 Å². The smallest absolute Gasteiger partial charge is 0.417 e. The number of esters is 1. The van der Waals surface area contributed by atoms with Crippen LogP contribution in [0.4, 0.5) is 13.2 Å². The molecule has 2 rings (SSSR count). The van der Waals surface area contributed by atoms with Crippen LogP contribution in [0.1, 0.15) is 12.5 Å². The molecule has 0 aliphatic heterocycles. The number of hydrogen-bond donors (Lipinski definition) is 0. The standard InChI is InChI=1S/C14H9F3O4/c1-2-3-12(18)20-8-4-5-9-10(14(15,16)17)7-13(19)21-11(9)6-8/h2-7H,1H3. The van der Waals surface area contributed by atoms with Crippen molar-refractivity contribution in [2.24, 2.45) is 0 Å². The van der Waals surface area contributed by atoms with E-state index in [-0.39, 0.29) is 16.7 Å². The number of ether oxygens (including phenoxy) is 1. The Bertz CT molecular complexity index is 772. The molecule has 1 aromatic carbocycles. The van der Waals surface area contributed by atoms with Crippen LogP contribution in [0.2, 0.25) is 0 Å². The summed E-state index contributed by atoms with van der Waals surface area (Å²) in [6.45, 7) is 1.61. The molecule has 0 bridgehead atoms. The summed E-state index contributed by atoms with van der Waals surface area (Å²) in [6, 6.07) is 3.72. The molecule has 0 N–H and O–H groups in total. The van der Waals surface area contributed by atoms with E-state index >= 15 is 0 Å². The third-order valence-electron chi connectivity index (χ3n) is 2.54. The fraction of sp³-hybridized carbons (Fsp3) is 0.143. The Balaban J connectivity index is 2.54. The predicted molar refractivity (Wildman–Crippen MR) is 67.9 cm³/mol. The molecule has 0 saturated carbocycles. The first-order valence-electron chi connectivity index (χ1n) is 5.81. The summed E-state index contributed by atoms with van der Waals surface area (Å²) in [6.07, 6.45) is -2.09. The fourth-order valence-corrected chi connectivity index (χ4v) is 1.73. The van der Waals surface area contributed by atoms with Gasteiger partial charge in [-0.15, -0.1) is 0 Å². The van der Waals surface area contributed by atoms with Crippen molar-refractivity contribution in [1.82, 2.24) is 0 Å². The van der Waals surface area contributed by atoms with Crippen molar-refractivity contribution in [3.63, 3.8) is 0 Å². The number of hydrogen-bond acceptors (Lipinski definition) is 4. The van der Waals surface area contributed by atoms with E-state index in [9.17, 15) is 22.8 Å². The molecule has 0 spiro atoms. The van der Waals surface area contributed by atoms with Crippen LogP contribution in [0, 0.1) is 0 Å². The van der Waals surface area contributed by atoms with E-state index in [2.05, 4.69) is 0 Å². The molecular formula is C14H9F3O4. The van der Waals surface area contributed by atoms with Gasteiger partial charge in [-0.3, -0.25) is 0 Å². The first-order chi connectivity index (χ1) is 9.81. The Morgan fingerprint density at radius 3 is 2.62 bits per heavy atom. The highest BCUT2D eigenvalue weighted by molar-refractivity contribution is 5.86. The van der Waals surface area contributed by atoms with Crippen molar-refractivity contribution in [1.29, 1.82) is 0 Å². The number of alkyl halides is 3. The second kappa shape index (κ2) is 5.43. The molecule has 0 atom stereocenters. The molecule has 1 aromatic heterocycles. The first-order valence-corrected chi connectivity index (χ1v) is 5.81. The van der Waals surface area contributed by atoms with Gasteiger partial charge >= 0.3 is 17.8 Å². The normalized spacial score (nSPS) is 12.0. The van der Waals surface area contributed by atoms with Crippen molar-refractivity contribution in [3.8, 4) is 5.75 Å². The topological polar surface area (TPSA) is 56.5 Å². The molecular weight excluding hydrogens is 289 g/mol. The quantitative estimate of drug-likeness (QED) is 0.369. The number of carbonyl (C=O) groups excluding carboxylic acids is 1. The zero-order chi connectivity index (χ0) is 15.6. The van der Waals surface area contributed by atoms with Gasteiger partial charge < -0.3 is 9.15 Å². The molecule has 0 amide bonds. The van der Waals surface area contributed by atoms with Crippen LogP contribution in [0.15, 0.2) is 45.6 Å². The van der Waals surface area contributed by atoms with Gasteiger partial charge in [0.2, 0.25) is 0 Å². The first kappa shape index (κ1) is 14.8. The van der Waals surface area contributed by atoms with E-state index in [1.54, 1.807) is 6.92 Å². The summed E-state index contributed by atoms with van der Waals surface area (Å²) in [7, 11) is 0. The van der Waals surface area contributed by atoms with Gasteiger partial charge in [-0.25, -0.2) is 9.59 Å². The second-order valence-electron chi connectivity index (χ2n) is 4.06. The Morgan fingerprint density at radius 1 is 1.29 bits per heavy atom. The van der Waals surface area contributed by atoms with Gasteiger partial charge in [0, 0.05) is 23.6 Å². The minimum Gasteiger partial charge on any atom is -0.423 e. The summed E-state index contributed by atoms with van der Waals surface area (Å²) in [5.74, 6) is -0.709. The number of fused-ring (bicyclic) bond motifs is 1. The van der Waals surface area contributed by atoms with Crippen LogP contribution in [-0.4, -0.2) is 5.97 Å².